The molecule has 0 bridgehead atoms. The summed E-state index contributed by atoms with van der Waals surface area (Å²) in [7, 11) is -1.39. The van der Waals surface area contributed by atoms with Crippen molar-refractivity contribution in [3.05, 3.63) is 0 Å². The molecule has 0 spiro atoms. The smallest absolute Gasteiger partial charge is 0.189 e. The summed E-state index contributed by atoms with van der Waals surface area (Å²) in [4.78, 5) is 0. The fourth-order valence-corrected chi connectivity index (χ4v) is 2.74. The van der Waals surface area contributed by atoms with Gasteiger partial charge in [0, 0.05) is 19.4 Å². The molecule has 0 amide bonds. The molecule has 0 atom stereocenters. The summed E-state index contributed by atoms with van der Waals surface area (Å²) in [6, 6.07) is 0. The Morgan fingerprint density at radius 2 is 1.47 bits per heavy atom. The molecule has 2 heteroatoms. The van der Waals surface area contributed by atoms with E-state index in [0.717, 1.165) is 25.0 Å². The maximum absolute atomic E-state index is 6.08. The molecule has 0 aromatic carbocycles. The first-order valence-electron chi connectivity index (χ1n) is 8.10. The van der Waals surface area contributed by atoms with Crippen molar-refractivity contribution in [2.24, 2.45) is 0 Å². The molecule has 0 rings (SSSR count). The summed E-state index contributed by atoms with van der Waals surface area (Å²) < 4.78 is 6.08. The Labute approximate surface area is 122 Å². The quantitative estimate of drug-likeness (QED) is 0.281. The van der Waals surface area contributed by atoms with Crippen LogP contribution in [0.4, 0.5) is 0 Å². The van der Waals surface area contributed by atoms with Gasteiger partial charge in [0.1, 0.15) is 0 Å². The standard InChI is InChI=1S/C17H34OSi/c1-6-7-8-9-10-11-12-13-14-15-16-18-19(4,5)17(2)3/h17H,6,9-16H2,1-5H3. The molecule has 0 aliphatic rings. The second kappa shape index (κ2) is 11.6. The van der Waals surface area contributed by atoms with Crippen LogP contribution in [0.15, 0.2) is 0 Å². The highest BCUT2D eigenvalue weighted by molar-refractivity contribution is 6.72. The van der Waals surface area contributed by atoms with Gasteiger partial charge in [0.25, 0.3) is 0 Å². The van der Waals surface area contributed by atoms with Crippen LogP contribution in [-0.4, -0.2) is 14.9 Å². The number of hydrogen-bond donors (Lipinski definition) is 0. The van der Waals surface area contributed by atoms with Crippen molar-refractivity contribution in [3.8, 4) is 11.8 Å². The maximum Gasteiger partial charge on any atom is 0.189 e. The monoisotopic (exact) mass is 282 g/mol. The van der Waals surface area contributed by atoms with Crippen LogP contribution in [0.3, 0.4) is 0 Å². The van der Waals surface area contributed by atoms with Gasteiger partial charge >= 0.3 is 0 Å². The van der Waals surface area contributed by atoms with Crippen LogP contribution in [-0.2, 0) is 4.43 Å². The topological polar surface area (TPSA) is 9.23 Å². The van der Waals surface area contributed by atoms with Crippen LogP contribution in [0.5, 0.6) is 0 Å². The predicted molar refractivity (Wildman–Crippen MR) is 88.9 cm³/mol. The van der Waals surface area contributed by atoms with Gasteiger partial charge in [-0.3, -0.25) is 0 Å². The summed E-state index contributed by atoms with van der Waals surface area (Å²) in [5.41, 5.74) is 0.719. The van der Waals surface area contributed by atoms with Crippen LogP contribution in [0.1, 0.15) is 72.1 Å². The van der Waals surface area contributed by atoms with Crippen molar-refractivity contribution in [3.63, 3.8) is 0 Å². The molecular formula is C17H34OSi. The minimum absolute atomic E-state index is 0.719. The molecule has 1 nitrogen and oxygen atoms in total. The molecule has 19 heavy (non-hydrogen) atoms. The van der Waals surface area contributed by atoms with Gasteiger partial charge in [-0.15, -0.1) is 11.8 Å². The Kier molecular flexibility index (Phi) is 11.4. The van der Waals surface area contributed by atoms with Gasteiger partial charge < -0.3 is 4.43 Å². The molecular weight excluding hydrogens is 248 g/mol. The zero-order valence-corrected chi connectivity index (χ0v) is 14.8. The van der Waals surface area contributed by atoms with Crippen LogP contribution < -0.4 is 0 Å². The Morgan fingerprint density at radius 1 is 0.895 bits per heavy atom. The van der Waals surface area contributed by atoms with E-state index in [9.17, 15) is 0 Å². The van der Waals surface area contributed by atoms with E-state index < -0.39 is 8.32 Å². The lowest BCUT2D eigenvalue weighted by atomic mass is 10.1. The SMILES string of the molecule is CCC#CCCCCCCCCO[Si](C)(C)C(C)C. The first-order valence-corrected chi connectivity index (χ1v) is 11.1. The van der Waals surface area contributed by atoms with Crippen molar-refractivity contribution in [2.45, 2.75) is 90.8 Å². The molecule has 112 valence electrons. The summed E-state index contributed by atoms with van der Waals surface area (Å²) in [5.74, 6) is 6.34. The summed E-state index contributed by atoms with van der Waals surface area (Å²) in [6.07, 6.45) is 9.97. The van der Waals surface area contributed by atoms with Gasteiger partial charge in [-0.1, -0.05) is 46.5 Å². The van der Waals surface area contributed by atoms with Crippen LogP contribution in [0.25, 0.3) is 0 Å². The van der Waals surface area contributed by atoms with Gasteiger partial charge in [0.05, 0.1) is 0 Å². The summed E-state index contributed by atoms with van der Waals surface area (Å²) in [5, 5.41) is 0. The zero-order valence-electron chi connectivity index (χ0n) is 13.8. The normalized spacial score (nSPS) is 11.5. The Balaban J connectivity index is 3.28. The number of rotatable bonds is 10. The Hall–Kier alpha value is -0.263. The first kappa shape index (κ1) is 18.7. The zero-order chi connectivity index (χ0) is 14.6. The van der Waals surface area contributed by atoms with Crippen molar-refractivity contribution in [1.29, 1.82) is 0 Å². The molecule has 0 aromatic heterocycles. The molecule has 0 saturated heterocycles. The van der Waals surface area contributed by atoms with E-state index in [2.05, 4.69) is 45.7 Å². The molecule has 0 heterocycles. The number of unbranched alkanes of at least 4 members (excludes halogenated alkanes) is 6. The van der Waals surface area contributed by atoms with E-state index in [1.54, 1.807) is 0 Å². The average Bonchev–Trinajstić information content (AvgIpc) is 2.35. The minimum atomic E-state index is -1.39. The molecule has 0 aliphatic heterocycles. The third kappa shape index (κ3) is 11.3. The van der Waals surface area contributed by atoms with E-state index in [4.69, 9.17) is 4.43 Å². The second-order valence-corrected chi connectivity index (χ2v) is 10.8. The first-order chi connectivity index (χ1) is 9.00. The van der Waals surface area contributed by atoms with E-state index in [-0.39, 0.29) is 0 Å². The van der Waals surface area contributed by atoms with Crippen LogP contribution in [0, 0.1) is 11.8 Å². The van der Waals surface area contributed by atoms with Gasteiger partial charge in [-0.2, -0.15) is 0 Å². The predicted octanol–water partition coefficient (Wildman–Crippen LogP) is 5.76. The highest BCUT2D eigenvalue weighted by Gasteiger charge is 2.26. The second-order valence-electron chi connectivity index (χ2n) is 6.19. The van der Waals surface area contributed by atoms with Gasteiger partial charge in [0.2, 0.25) is 0 Å². The molecule has 0 N–H and O–H groups in total. The molecule has 0 aliphatic carbocycles. The molecule has 0 fully saturated rings. The van der Waals surface area contributed by atoms with Crippen molar-refractivity contribution in [1.82, 2.24) is 0 Å². The molecule has 0 radical (unpaired) electrons. The minimum Gasteiger partial charge on any atom is -0.417 e. The van der Waals surface area contributed by atoms with Gasteiger partial charge in [0.15, 0.2) is 8.32 Å². The Morgan fingerprint density at radius 3 is 2.05 bits per heavy atom. The van der Waals surface area contributed by atoms with E-state index in [1.807, 2.05) is 0 Å². The fourth-order valence-electron chi connectivity index (χ4n) is 1.74. The van der Waals surface area contributed by atoms with Gasteiger partial charge in [-0.25, -0.2) is 0 Å². The molecule has 0 aromatic rings. The van der Waals surface area contributed by atoms with E-state index in [0.29, 0.717) is 0 Å². The lowest BCUT2D eigenvalue weighted by Gasteiger charge is -2.26. The highest BCUT2D eigenvalue weighted by Crippen LogP contribution is 2.21. The third-order valence-corrected chi connectivity index (χ3v) is 7.59. The summed E-state index contributed by atoms with van der Waals surface area (Å²) >= 11 is 0. The highest BCUT2D eigenvalue weighted by atomic mass is 28.4. The largest absolute Gasteiger partial charge is 0.417 e. The van der Waals surface area contributed by atoms with Crippen LogP contribution in [0.2, 0.25) is 18.6 Å². The van der Waals surface area contributed by atoms with Crippen molar-refractivity contribution in [2.75, 3.05) is 6.61 Å². The van der Waals surface area contributed by atoms with Crippen molar-refractivity contribution < 1.29 is 4.43 Å². The maximum atomic E-state index is 6.08. The van der Waals surface area contributed by atoms with Crippen LogP contribution >= 0.6 is 0 Å². The van der Waals surface area contributed by atoms with E-state index in [1.165, 1.54) is 38.5 Å². The average molecular weight is 283 g/mol. The number of hydrogen-bond acceptors (Lipinski definition) is 1. The van der Waals surface area contributed by atoms with E-state index >= 15 is 0 Å². The van der Waals surface area contributed by atoms with Gasteiger partial charge in [-0.05, 0) is 31.5 Å². The third-order valence-electron chi connectivity index (χ3n) is 3.86. The molecule has 0 unspecified atom stereocenters. The lowest BCUT2D eigenvalue weighted by molar-refractivity contribution is 0.289. The lowest BCUT2D eigenvalue weighted by Crippen LogP contribution is -2.34. The molecule has 0 saturated carbocycles. The summed E-state index contributed by atoms with van der Waals surface area (Å²) in [6.45, 7) is 12.3. The van der Waals surface area contributed by atoms with Crippen molar-refractivity contribution >= 4 is 8.32 Å². The Bertz CT molecular complexity index is 260. The fraction of sp³-hybridized carbons (Fsp3) is 0.882.